The standard InChI is InChI=1S/C20H22FNO4/c21-17-7-5-16(6-8-17)11-22(13-19-3-1-9-25-19)12-18(23)14-24-15-20-4-2-10-26-20/h1-10,18,23H,11-15H2/t18-/m0/s1. The number of halogens is 1. The van der Waals surface area contributed by atoms with Gasteiger partial charge in [-0.3, -0.25) is 4.90 Å². The summed E-state index contributed by atoms with van der Waals surface area (Å²) in [5, 5.41) is 10.3. The number of furan rings is 2. The number of aliphatic hydroxyl groups excluding tert-OH is 1. The van der Waals surface area contributed by atoms with Crippen LogP contribution >= 0.6 is 0 Å². The first kappa shape index (κ1) is 18.4. The van der Waals surface area contributed by atoms with Crippen molar-refractivity contribution in [2.75, 3.05) is 13.2 Å². The second-order valence-corrected chi connectivity index (χ2v) is 6.12. The largest absolute Gasteiger partial charge is 0.468 e. The molecular formula is C20H22FNO4. The molecule has 3 aromatic rings. The molecular weight excluding hydrogens is 337 g/mol. The van der Waals surface area contributed by atoms with E-state index in [4.69, 9.17) is 13.6 Å². The van der Waals surface area contributed by atoms with Crippen LogP contribution in [-0.4, -0.2) is 29.3 Å². The SMILES string of the molecule is O[C@H](COCc1ccco1)CN(Cc1ccc(F)cc1)Cc1ccco1. The van der Waals surface area contributed by atoms with Crippen LogP contribution in [0.1, 0.15) is 17.1 Å². The van der Waals surface area contributed by atoms with E-state index in [0.717, 1.165) is 17.1 Å². The minimum Gasteiger partial charge on any atom is -0.468 e. The maximum absolute atomic E-state index is 13.1. The van der Waals surface area contributed by atoms with E-state index in [1.165, 1.54) is 12.1 Å². The van der Waals surface area contributed by atoms with Gasteiger partial charge in [0, 0.05) is 13.1 Å². The van der Waals surface area contributed by atoms with Gasteiger partial charge in [0.2, 0.25) is 0 Å². The lowest BCUT2D eigenvalue weighted by molar-refractivity contribution is 0.00162. The molecule has 0 saturated heterocycles. The van der Waals surface area contributed by atoms with Gasteiger partial charge in [-0.2, -0.15) is 0 Å². The number of hydrogen-bond donors (Lipinski definition) is 1. The Hall–Kier alpha value is -2.41. The molecule has 3 rings (SSSR count). The first-order valence-electron chi connectivity index (χ1n) is 8.46. The van der Waals surface area contributed by atoms with E-state index < -0.39 is 6.10 Å². The topological polar surface area (TPSA) is 59.0 Å². The van der Waals surface area contributed by atoms with E-state index in [2.05, 4.69) is 0 Å². The molecule has 0 spiro atoms. The Morgan fingerprint density at radius 3 is 2.31 bits per heavy atom. The van der Waals surface area contributed by atoms with E-state index in [9.17, 15) is 9.50 Å². The summed E-state index contributed by atoms with van der Waals surface area (Å²) in [4.78, 5) is 2.03. The fraction of sp³-hybridized carbons (Fsp3) is 0.300. The Morgan fingerprint density at radius 2 is 1.65 bits per heavy atom. The van der Waals surface area contributed by atoms with Gasteiger partial charge in [-0.1, -0.05) is 12.1 Å². The molecule has 1 atom stereocenters. The molecule has 138 valence electrons. The minimum absolute atomic E-state index is 0.193. The zero-order valence-corrected chi connectivity index (χ0v) is 14.4. The van der Waals surface area contributed by atoms with Crippen molar-refractivity contribution in [1.29, 1.82) is 0 Å². The third kappa shape index (κ3) is 5.84. The van der Waals surface area contributed by atoms with Crippen molar-refractivity contribution < 1.29 is 23.1 Å². The van der Waals surface area contributed by atoms with Crippen molar-refractivity contribution in [3.8, 4) is 0 Å². The molecule has 0 saturated carbocycles. The highest BCUT2D eigenvalue weighted by molar-refractivity contribution is 5.16. The Morgan fingerprint density at radius 1 is 0.962 bits per heavy atom. The average Bonchev–Trinajstić information content (AvgIpc) is 3.31. The van der Waals surface area contributed by atoms with Crippen molar-refractivity contribution in [3.05, 3.63) is 84.0 Å². The smallest absolute Gasteiger partial charge is 0.129 e. The van der Waals surface area contributed by atoms with E-state index in [-0.39, 0.29) is 12.4 Å². The van der Waals surface area contributed by atoms with E-state index in [1.807, 2.05) is 23.1 Å². The lowest BCUT2D eigenvalue weighted by Gasteiger charge is -2.24. The number of hydrogen-bond acceptors (Lipinski definition) is 5. The van der Waals surface area contributed by atoms with Crippen molar-refractivity contribution in [3.63, 3.8) is 0 Å². The third-order valence-electron chi connectivity index (χ3n) is 3.88. The summed E-state index contributed by atoms with van der Waals surface area (Å²) in [5.74, 6) is 1.25. The van der Waals surface area contributed by atoms with Crippen LogP contribution in [0.3, 0.4) is 0 Å². The molecule has 26 heavy (non-hydrogen) atoms. The van der Waals surface area contributed by atoms with Gasteiger partial charge >= 0.3 is 0 Å². The number of rotatable bonds is 10. The summed E-state index contributed by atoms with van der Waals surface area (Å²) >= 11 is 0. The van der Waals surface area contributed by atoms with E-state index in [1.54, 1.807) is 30.7 Å². The molecule has 0 radical (unpaired) electrons. The number of aliphatic hydroxyl groups is 1. The summed E-state index contributed by atoms with van der Waals surface area (Å²) in [7, 11) is 0. The normalized spacial score (nSPS) is 12.6. The summed E-state index contributed by atoms with van der Waals surface area (Å²) in [5.41, 5.74) is 0.960. The first-order valence-corrected chi connectivity index (χ1v) is 8.46. The summed E-state index contributed by atoms with van der Waals surface area (Å²) in [6.45, 7) is 2.02. The van der Waals surface area contributed by atoms with E-state index in [0.29, 0.717) is 26.2 Å². The molecule has 6 heteroatoms. The average molecular weight is 359 g/mol. The van der Waals surface area contributed by atoms with Gasteiger partial charge in [0.15, 0.2) is 0 Å². The molecule has 2 aromatic heterocycles. The minimum atomic E-state index is -0.666. The lowest BCUT2D eigenvalue weighted by atomic mass is 10.2. The molecule has 1 N–H and O–H groups in total. The predicted octanol–water partition coefficient (Wildman–Crippen LogP) is 3.59. The quantitative estimate of drug-likeness (QED) is 0.599. The fourth-order valence-electron chi connectivity index (χ4n) is 2.70. The fourth-order valence-corrected chi connectivity index (χ4v) is 2.70. The molecule has 1 aromatic carbocycles. The summed E-state index contributed by atoms with van der Waals surface area (Å²) in [6, 6.07) is 13.7. The maximum atomic E-state index is 13.1. The van der Waals surface area contributed by atoms with Gasteiger partial charge in [0.1, 0.15) is 23.9 Å². The molecule has 2 heterocycles. The van der Waals surface area contributed by atoms with Crippen LogP contribution in [0.25, 0.3) is 0 Å². The van der Waals surface area contributed by atoms with Crippen molar-refractivity contribution in [2.45, 2.75) is 25.8 Å². The zero-order valence-electron chi connectivity index (χ0n) is 14.4. The Kier molecular flexibility index (Phi) is 6.60. The molecule has 0 aliphatic heterocycles. The Bertz CT molecular complexity index is 741. The van der Waals surface area contributed by atoms with Crippen molar-refractivity contribution >= 4 is 0 Å². The molecule has 5 nitrogen and oxygen atoms in total. The van der Waals surface area contributed by atoms with E-state index >= 15 is 0 Å². The van der Waals surface area contributed by atoms with Crippen molar-refractivity contribution in [1.82, 2.24) is 4.90 Å². The van der Waals surface area contributed by atoms with Gasteiger partial charge in [0.05, 0.1) is 31.8 Å². The van der Waals surface area contributed by atoms with Crippen LogP contribution in [0.15, 0.2) is 69.9 Å². The predicted molar refractivity (Wildman–Crippen MR) is 93.6 cm³/mol. The van der Waals surface area contributed by atoms with Crippen molar-refractivity contribution in [2.24, 2.45) is 0 Å². The van der Waals surface area contributed by atoms with Crippen LogP contribution in [0.5, 0.6) is 0 Å². The molecule has 0 unspecified atom stereocenters. The van der Waals surface area contributed by atoms with Gasteiger partial charge in [-0.25, -0.2) is 4.39 Å². The Balaban J connectivity index is 1.54. The highest BCUT2D eigenvalue weighted by atomic mass is 19.1. The van der Waals surface area contributed by atoms with Gasteiger partial charge in [-0.15, -0.1) is 0 Å². The second-order valence-electron chi connectivity index (χ2n) is 6.12. The van der Waals surface area contributed by atoms with Gasteiger partial charge < -0.3 is 18.7 Å². The number of nitrogens with zero attached hydrogens (tertiary/aromatic N) is 1. The molecule has 0 amide bonds. The van der Waals surface area contributed by atoms with Crippen LogP contribution in [0.2, 0.25) is 0 Å². The highest BCUT2D eigenvalue weighted by Crippen LogP contribution is 2.12. The molecule has 0 aliphatic carbocycles. The lowest BCUT2D eigenvalue weighted by Crippen LogP contribution is -2.34. The molecule has 0 aliphatic rings. The van der Waals surface area contributed by atoms with Crippen LogP contribution < -0.4 is 0 Å². The summed E-state index contributed by atoms with van der Waals surface area (Å²) in [6.07, 6.45) is 2.54. The molecule has 0 bridgehead atoms. The highest BCUT2D eigenvalue weighted by Gasteiger charge is 2.15. The van der Waals surface area contributed by atoms with Crippen LogP contribution in [-0.2, 0) is 24.4 Å². The zero-order chi connectivity index (χ0) is 18.2. The van der Waals surface area contributed by atoms with Gasteiger partial charge in [-0.05, 0) is 42.0 Å². The second kappa shape index (κ2) is 9.33. The monoisotopic (exact) mass is 359 g/mol. The summed E-state index contributed by atoms with van der Waals surface area (Å²) < 4.78 is 29.2. The molecule has 0 fully saturated rings. The maximum Gasteiger partial charge on any atom is 0.129 e. The number of benzene rings is 1. The van der Waals surface area contributed by atoms with Crippen LogP contribution in [0, 0.1) is 5.82 Å². The first-order chi connectivity index (χ1) is 12.7. The third-order valence-corrected chi connectivity index (χ3v) is 3.88. The Labute approximate surface area is 151 Å². The van der Waals surface area contributed by atoms with Gasteiger partial charge in [0.25, 0.3) is 0 Å². The van der Waals surface area contributed by atoms with Crippen LogP contribution in [0.4, 0.5) is 4.39 Å². The number of ether oxygens (including phenoxy) is 1.